The van der Waals surface area contributed by atoms with Gasteiger partial charge in [-0.1, -0.05) is 58.9 Å². The number of ether oxygens (including phenoxy) is 1. The number of nitrogens with two attached hydrogens (primary N) is 1. The van der Waals surface area contributed by atoms with Gasteiger partial charge in [0.05, 0.1) is 12.3 Å². The largest absolute Gasteiger partial charge is 0.356 e. The van der Waals surface area contributed by atoms with Gasteiger partial charge in [-0.3, -0.25) is 0 Å². The van der Waals surface area contributed by atoms with Crippen molar-refractivity contribution in [1.82, 2.24) is 0 Å². The van der Waals surface area contributed by atoms with Crippen molar-refractivity contribution in [3.05, 3.63) is 35.4 Å². The lowest BCUT2D eigenvalue weighted by Gasteiger charge is -2.33. The van der Waals surface area contributed by atoms with E-state index in [1.54, 1.807) is 0 Å². The van der Waals surface area contributed by atoms with Crippen LogP contribution in [0.3, 0.4) is 0 Å². The Balaban J connectivity index is 2.96. The molecule has 0 radical (unpaired) electrons. The van der Waals surface area contributed by atoms with E-state index in [1.165, 1.54) is 11.1 Å². The van der Waals surface area contributed by atoms with Gasteiger partial charge >= 0.3 is 0 Å². The molecule has 0 spiro atoms. The average Bonchev–Trinajstić information content (AvgIpc) is 2.26. The summed E-state index contributed by atoms with van der Waals surface area (Å²) in [7, 11) is 0. The molecule has 20 heavy (non-hydrogen) atoms. The third kappa shape index (κ3) is 4.60. The summed E-state index contributed by atoms with van der Waals surface area (Å²) in [5.41, 5.74) is 8.21. The van der Waals surface area contributed by atoms with Gasteiger partial charge < -0.3 is 10.5 Å². The summed E-state index contributed by atoms with van der Waals surface area (Å²) < 4.78 is 5.60. The number of hydrogen-bond acceptors (Lipinski definition) is 2. The van der Waals surface area contributed by atoms with E-state index in [-0.39, 0.29) is 17.7 Å². The maximum atomic E-state index is 5.60. The number of rotatable bonds is 5. The SMILES string of the molecule is CC(C)(C)CC(C)(C)c1ccc(C(C)(C)OCN)cc1. The Morgan fingerprint density at radius 1 is 0.850 bits per heavy atom. The zero-order valence-corrected chi connectivity index (χ0v) is 14.2. The van der Waals surface area contributed by atoms with Gasteiger partial charge in [0.1, 0.15) is 0 Å². The van der Waals surface area contributed by atoms with E-state index in [9.17, 15) is 0 Å². The maximum Gasteiger partial charge on any atom is 0.0952 e. The molecule has 2 nitrogen and oxygen atoms in total. The Bertz CT molecular complexity index is 424. The van der Waals surface area contributed by atoms with E-state index in [0.29, 0.717) is 5.41 Å². The molecule has 0 aliphatic heterocycles. The van der Waals surface area contributed by atoms with E-state index in [1.807, 2.05) is 0 Å². The minimum atomic E-state index is -0.332. The molecule has 0 atom stereocenters. The standard InChI is InChI=1S/C18H31NO/c1-16(2,3)12-17(4,5)14-8-10-15(11-9-14)18(6,7)20-13-19/h8-11H,12-13,19H2,1-7H3. The highest BCUT2D eigenvalue weighted by molar-refractivity contribution is 5.31. The molecule has 0 saturated carbocycles. The summed E-state index contributed by atoms with van der Waals surface area (Å²) in [5.74, 6) is 0. The highest BCUT2D eigenvalue weighted by atomic mass is 16.5. The summed E-state index contributed by atoms with van der Waals surface area (Å²) in [4.78, 5) is 0. The molecule has 2 heteroatoms. The molecule has 0 aliphatic rings. The van der Waals surface area contributed by atoms with Gasteiger partial charge in [-0.25, -0.2) is 0 Å². The van der Waals surface area contributed by atoms with Crippen molar-refractivity contribution in [2.75, 3.05) is 6.73 Å². The van der Waals surface area contributed by atoms with Crippen LogP contribution in [0.1, 0.15) is 66.0 Å². The van der Waals surface area contributed by atoms with Crippen LogP contribution in [0, 0.1) is 5.41 Å². The first-order valence-corrected chi connectivity index (χ1v) is 7.43. The van der Waals surface area contributed by atoms with Crippen LogP contribution in [0.5, 0.6) is 0 Å². The van der Waals surface area contributed by atoms with Crippen LogP contribution in [0.4, 0.5) is 0 Å². The predicted molar refractivity (Wildman–Crippen MR) is 86.7 cm³/mol. The van der Waals surface area contributed by atoms with Crippen molar-refractivity contribution in [3.8, 4) is 0 Å². The van der Waals surface area contributed by atoms with Crippen LogP contribution in [0.2, 0.25) is 0 Å². The molecular formula is C18H31NO. The van der Waals surface area contributed by atoms with Gasteiger partial charge in [-0.15, -0.1) is 0 Å². The molecule has 0 aromatic heterocycles. The Kier molecular flexibility index (Phi) is 5.04. The summed E-state index contributed by atoms with van der Waals surface area (Å²) in [6.45, 7) is 15.8. The van der Waals surface area contributed by atoms with Crippen molar-refractivity contribution >= 4 is 0 Å². The third-order valence-electron chi connectivity index (χ3n) is 3.78. The van der Waals surface area contributed by atoms with Gasteiger partial charge in [0.25, 0.3) is 0 Å². The fourth-order valence-electron chi connectivity index (χ4n) is 3.04. The first-order valence-electron chi connectivity index (χ1n) is 7.43. The lowest BCUT2D eigenvalue weighted by molar-refractivity contribution is -0.0180. The minimum absolute atomic E-state index is 0.176. The summed E-state index contributed by atoms with van der Waals surface area (Å²) >= 11 is 0. The topological polar surface area (TPSA) is 35.2 Å². The monoisotopic (exact) mass is 277 g/mol. The minimum Gasteiger partial charge on any atom is -0.356 e. The molecule has 1 rings (SSSR count). The van der Waals surface area contributed by atoms with E-state index < -0.39 is 0 Å². The smallest absolute Gasteiger partial charge is 0.0952 e. The van der Waals surface area contributed by atoms with Crippen molar-refractivity contribution in [3.63, 3.8) is 0 Å². The van der Waals surface area contributed by atoms with Crippen LogP contribution in [0.25, 0.3) is 0 Å². The van der Waals surface area contributed by atoms with Gasteiger partial charge in [-0.05, 0) is 42.2 Å². The van der Waals surface area contributed by atoms with Gasteiger partial charge in [0.2, 0.25) is 0 Å². The molecule has 0 aliphatic carbocycles. The van der Waals surface area contributed by atoms with E-state index in [2.05, 4.69) is 72.7 Å². The number of benzene rings is 1. The molecule has 0 heterocycles. The zero-order valence-electron chi connectivity index (χ0n) is 14.2. The molecule has 0 saturated heterocycles. The number of hydrogen-bond donors (Lipinski definition) is 1. The Hall–Kier alpha value is -0.860. The maximum absolute atomic E-state index is 5.60. The lowest BCUT2D eigenvalue weighted by Crippen LogP contribution is -2.27. The van der Waals surface area contributed by atoms with Crippen LogP contribution in [0.15, 0.2) is 24.3 Å². The molecule has 0 unspecified atom stereocenters. The van der Waals surface area contributed by atoms with Crippen molar-refractivity contribution < 1.29 is 4.74 Å². The van der Waals surface area contributed by atoms with E-state index in [4.69, 9.17) is 10.5 Å². The highest BCUT2D eigenvalue weighted by Crippen LogP contribution is 2.37. The fraction of sp³-hybridized carbons (Fsp3) is 0.667. The van der Waals surface area contributed by atoms with Crippen LogP contribution >= 0.6 is 0 Å². The van der Waals surface area contributed by atoms with Crippen LogP contribution in [-0.4, -0.2) is 6.73 Å². The highest BCUT2D eigenvalue weighted by Gasteiger charge is 2.28. The summed E-state index contributed by atoms with van der Waals surface area (Å²) in [6, 6.07) is 8.77. The van der Waals surface area contributed by atoms with Gasteiger partial charge in [-0.2, -0.15) is 0 Å². The molecule has 114 valence electrons. The quantitative estimate of drug-likeness (QED) is 0.800. The molecular weight excluding hydrogens is 246 g/mol. The third-order valence-corrected chi connectivity index (χ3v) is 3.78. The van der Waals surface area contributed by atoms with Crippen molar-refractivity contribution in [2.24, 2.45) is 11.1 Å². The Labute approximate surface area is 124 Å². The molecule has 1 aromatic carbocycles. The lowest BCUT2D eigenvalue weighted by atomic mass is 9.72. The molecule has 2 N–H and O–H groups in total. The average molecular weight is 277 g/mol. The van der Waals surface area contributed by atoms with E-state index >= 15 is 0 Å². The van der Waals surface area contributed by atoms with E-state index in [0.717, 1.165) is 6.42 Å². The van der Waals surface area contributed by atoms with Crippen LogP contribution in [-0.2, 0) is 15.8 Å². The predicted octanol–water partition coefficient (Wildman–Crippen LogP) is 4.57. The zero-order chi connectivity index (χ0) is 15.6. The molecule has 0 fully saturated rings. The first kappa shape index (κ1) is 17.2. The second kappa shape index (κ2) is 5.87. The molecule has 0 amide bonds. The van der Waals surface area contributed by atoms with Crippen molar-refractivity contribution in [2.45, 2.75) is 65.9 Å². The van der Waals surface area contributed by atoms with Crippen molar-refractivity contribution in [1.29, 1.82) is 0 Å². The van der Waals surface area contributed by atoms with Gasteiger partial charge in [0.15, 0.2) is 0 Å². The summed E-state index contributed by atoms with van der Waals surface area (Å²) in [6.07, 6.45) is 1.15. The Morgan fingerprint density at radius 2 is 1.30 bits per heavy atom. The molecule has 1 aromatic rings. The second-order valence-corrected chi connectivity index (χ2v) is 8.02. The van der Waals surface area contributed by atoms with Crippen LogP contribution < -0.4 is 5.73 Å². The summed E-state index contributed by atoms with van der Waals surface area (Å²) in [5, 5.41) is 0. The first-order chi connectivity index (χ1) is 8.98. The fourth-order valence-corrected chi connectivity index (χ4v) is 3.04. The Morgan fingerprint density at radius 3 is 1.70 bits per heavy atom. The van der Waals surface area contributed by atoms with Gasteiger partial charge in [0, 0.05) is 0 Å². The molecule has 0 bridgehead atoms. The second-order valence-electron chi connectivity index (χ2n) is 8.02. The normalized spacial score (nSPS) is 13.6.